The number of amides is 2. The van der Waals surface area contributed by atoms with E-state index in [0.717, 1.165) is 16.8 Å². The lowest BCUT2D eigenvalue weighted by Crippen LogP contribution is -2.22. The lowest BCUT2D eigenvalue weighted by atomic mass is 10.1. The third-order valence-electron chi connectivity index (χ3n) is 4.68. The summed E-state index contributed by atoms with van der Waals surface area (Å²) in [4.78, 5) is 52.9. The van der Waals surface area contributed by atoms with Crippen LogP contribution in [0, 0.1) is 6.92 Å². The van der Waals surface area contributed by atoms with Crippen LogP contribution < -0.4 is 9.80 Å². The van der Waals surface area contributed by atoms with Crippen LogP contribution in [0.5, 0.6) is 0 Å². The van der Waals surface area contributed by atoms with Crippen molar-refractivity contribution in [3.63, 3.8) is 0 Å². The summed E-state index contributed by atoms with van der Waals surface area (Å²) < 4.78 is 0. The number of aliphatic imine (C=N–C) groups is 2. The van der Waals surface area contributed by atoms with Crippen LogP contribution in [0.1, 0.15) is 37.9 Å². The van der Waals surface area contributed by atoms with Crippen molar-refractivity contribution < 1.29 is 19.2 Å². The standard InChI is InChI=1S/C12H14N2O2.C11H12N2O2/c1-9(13-8-15)11-5-4-6-12(7-11)14(3)10(2)16;1-8-4-5-10(13(3)9(2)15)6-11(8)12-7-14/h4-7,9H,1-3H3;4-6H,1-3H3. The molecule has 1 unspecified atom stereocenters. The normalized spacial score (nSPS) is 10.4. The summed E-state index contributed by atoms with van der Waals surface area (Å²) in [5, 5.41) is 0. The lowest BCUT2D eigenvalue weighted by molar-refractivity contribution is -0.117. The van der Waals surface area contributed by atoms with Gasteiger partial charge in [0.2, 0.25) is 24.0 Å². The van der Waals surface area contributed by atoms with Crippen LogP contribution in [-0.2, 0) is 19.2 Å². The van der Waals surface area contributed by atoms with Crippen LogP contribution >= 0.6 is 0 Å². The van der Waals surface area contributed by atoms with Gasteiger partial charge in [-0.1, -0.05) is 18.2 Å². The minimum Gasteiger partial charge on any atom is -0.316 e. The molecule has 2 amide bonds. The first-order valence-electron chi connectivity index (χ1n) is 9.46. The SMILES string of the molecule is CC(=O)N(C)c1ccc(C)c(N=C=O)c1.CC(=O)N(C)c1cccc(C(C)N=C=O)c1. The molecule has 0 bridgehead atoms. The molecule has 0 aliphatic rings. The number of nitrogens with zero attached hydrogens (tertiary/aromatic N) is 4. The van der Waals surface area contributed by atoms with E-state index in [9.17, 15) is 19.2 Å². The van der Waals surface area contributed by atoms with E-state index in [1.54, 1.807) is 38.1 Å². The van der Waals surface area contributed by atoms with Gasteiger partial charge in [0.25, 0.3) is 0 Å². The van der Waals surface area contributed by atoms with E-state index in [4.69, 9.17) is 0 Å². The van der Waals surface area contributed by atoms with Crippen molar-refractivity contribution in [2.75, 3.05) is 23.9 Å². The van der Waals surface area contributed by atoms with Crippen molar-refractivity contribution in [2.45, 2.75) is 33.7 Å². The predicted octanol–water partition coefficient (Wildman–Crippen LogP) is 4.01. The first-order valence-corrected chi connectivity index (χ1v) is 9.46. The Bertz CT molecular complexity index is 1010. The highest BCUT2D eigenvalue weighted by Crippen LogP contribution is 2.24. The molecule has 31 heavy (non-hydrogen) atoms. The summed E-state index contributed by atoms with van der Waals surface area (Å²) >= 11 is 0. The van der Waals surface area contributed by atoms with Crippen LogP contribution in [0.2, 0.25) is 0 Å². The molecule has 0 heterocycles. The summed E-state index contributed by atoms with van der Waals surface area (Å²) in [7, 11) is 3.37. The second kappa shape index (κ2) is 12.0. The minimum atomic E-state index is -0.238. The predicted molar refractivity (Wildman–Crippen MR) is 120 cm³/mol. The van der Waals surface area contributed by atoms with Gasteiger partial charge in [0.15, 0.2) is 0 Å². The molecule has 0 aromatic heterocycles. The Labute approximate surface area is 181 Å². The molecule has 0 spiro atoms. The first-order chi connectivity index (χ1) is 14.6. The topological polar surface area (TPSA) is 99.5 Å². The zero-order valence-electron chi connectivity index (χ0n) is 18.5. The molecule has 0 N–H and O–H groups in total. The molecular weight excluding hydrogens is 396 g/mol. The van der Waals surface area contributed by atoms with Crippen LogP contribution in [0.25, 0.3) is 0 Å². The zero-order chi connectivity index (χ0) is 23.6. The summed E-state index contributed by atoms with van der Waals surface area (Å²) in [6.45, 7) is 6.62. The summed E-state index contributed by atoms with van der Waals surface area (Å²) in [6, 6.07) is 12.4. The van der Waals surface area contributed by atoms with Crippen LogP contribution in [-0.4, -0.2) is 38.1 Å². The minimum absolute atomic E-state index is 0.0382. The van der Waals surface area contributed by atoms with Gasteiger partial charge < -0.3 is 9.80 Å². The Morgan fingerprint density at radius 3 is 2.00 bits per heavy atom. The van der Waals surface area contributed by atoms with Crippen molar-refractivity contribution in [3.8, 4) is 0 Å². The molecule has 0 aliphatic carbocycles. The highest BCUT2D eigenvalue weighted by molar-refractivity contribution is 5.91. The van der Waals surface area contributed by atoms with E-state index in [1.165, 1.54) is 30.9 Å². The van der Waals surface area contributed by atoms with Gasteiger partial charge in [-0.05, 0) is 49.2 Å². The van der Waals surface area contributed by atoms with Gasteiger partial charge in [-0.25, -0.2) is 9.59 Å². The Balaban J connectivity index is 0.000000311. The van der Waals surface area contributed by atoms with Crippen molar-refractivity contribution in [1.29, 1.82) is 0 Å². The van der Waals surface area contributed by atoms with E-state index >= 15 is 0 Å². The fourth-order valence-corrected chi connectivity index (χ4v) is 2.49. The average molecular weight is 422 g/mol. The van der Waals surface area contributed by atoms with Crippen molar-refractivity contribution in [1.82, 2.24) is 0 Å². The van der Waals surface area contributed by atoms with Gasteiger partial charge in [-0.15, -0.1) is 0 Å². The molecule has 8 heteroatoms. The monoisotopic (exact) mass is 422 g/mol. The van der Waals surface area contributed by atoms with Crippen LogP contribution in [0.3, 0.4) is 0 Å². The molecule has 0 saturated carbocycles. The maximum atomic E-state index is 11.2. The Hall–Kier alpha value is -3.86. The highest BCUT2D eigenvalue weighted by Gasteiger charge is 2.09. The Morgan fingerprint density at radius 2 is 1.48 bits per heavy atom. The maximum absolute atomic E-state index is 11.2. The first kappa shape index (κ1) is 25.2. The molecule has 2 aromatic carbocycles. The van der Waals surface area contributed by atoms with Gasteiger partial charge in [0.05, 0.1) is 11.7 Å². The highest BCUT2D eigenvalue weighted by atomic mass is 16.2. The van der Waals surface area contributed by atoms with Gasteiger partial charge >= 0.3 is 0 Å². The molecule has 8 nitrogen and oxygen atoms in total. The lowest BCUT2D eigenvalue weighted by Gasteiger charge is -2.16. The third-order valence-corrected chi connectivity index (χ3v) is 4.68. The quantitative estimate of drug-likeness (QED) is 0.537. The number of anilines is 2. The van der Waals surface area contributed by atoms with E-state index in [0.29, 0.717) is 11.4 Å². The van der Waals surface area contributed by atoms with Crippen LogP contribution in [0.15, 0.2) is 52.4 Å². The van der Waals surface area contributed by atoms with Gasteiger partial charge in [0.1, 0.15) is 0 Å². The van der Waals surface area contributed by atoms with Crippen LogP contribution in [0.4, 0.5) is 17.1 Å². The molecule has 0 saturated heterocycles. The largest absolute Gasteiger partial charge is 0.316 e. The molecular formula is C23H26N4O4. The number of benzene rings is 2. The average Bonchev–Trinajstić information content (AvgIpc) is 2.75. The molecule has 2 aromatic rings. The van der Waals surface area contributed by atoms with E-state index < -0.39 is 0 Å². The Morgan fingerprint density at radius 1 is 0.903 bits per heavy atom. The fraction of sp³-hybridized carbons (Fsp3) is 0.304. The maximum Gasteiger partial charge on any atom is 0.240 e. The smallest absolute Gasteiger partial charge is 0.240 e. The Kier molecular flexibility index (Phi) is 9.73. The van der Waals surface area contributed by atoms with Crippen molar-refractivity contribution >= 4 is 41.0 Å². The number of hydrogen-bond acceptors (Lipinski definition) is 6. The molecule has 2 rings (SSSR count). The van der Waals surface area contributed by atoms with Gasteiger partial charge in [0, 0.05) is 39.3 Å². The van der Waals surface area contributed by atoms with Gasteiger partial charge in [-0.2, -0.15) is 9.98 Å². The number of hydrogen-bond donors (Lipinski definition) is 0. The van der Waals surface area contributed by atoms with E-state index in [1.807, 2.05) is 37.3 Å². The van der Waals surface area contributed by atoms with E-state index in [-0.39, 0.29) is 17.9 Å². The fourth-order valence-electron chi connectivity index (χ4n) is 2.49. The summed E-state index contributed by atoms with van der Waals surface area (Å²) in [5.41, 5.74) is 3.80. The second-order valence-corrected chi connectivity index (χ2v) is 6.82. The molecule has 0 radical (unpaired) electrons. The second-order valence-electron chi connectivity index (χ2n) is 6.82. The molecule has 0 fully saturated rings. The molecule has 162 valence electrons. The molecule has 0 aliphatic heterocycles. The summed E-state index contributed by atoms with van der Waals surface area (Å²) in [5.74, 6) is -0.108. The van der Waals surface area contributed by atoms with Crippen molar-refractivity contribution in [2.24, 2.45) is 9.98 Å². The summed E-state index contributed by atoms with van der Waals surface area (Å²) in [6.07, 6.45) is 3.02. The third kappa shape index (κ3) is 7.48. The number of isocyanates is 2. The number of carbonyl (C=O) groups is 2. The number of rotatable bonds is 5. The molecule has 1 atom stereocenters. The number of aryl methyl sites for hydroxylation is 1. The number of carbonyl (C=O) groups excluding carboxylic acids is 4. The van der Waals surface area contributed by atoms with Crippen molar-refractivity contribution in [3.05, 3.63) is 53.6 Å². The van der Waals surface area contributed by atoms with Gasteiger partial charge in [-0.3, -0.25) is 9.59 Å². The zero-order valence-corrected chi connectivity index (χ0v) is 18.5. The van der Waals surface area contributed by atoms with E-state index in [2.05, 4.69) is 9.98 Å².